The number of hydrogen-bond donors (Lipinski definition) is 2. The second-order valence-electron chi connectivity index (χ2n) is 7.20. The molecule has 8 heteroatoms. The lowest BCUT2D eigenvalue weighted by Gasteiger charge is -2.28. The number of hydrogen-bond acceptors (Lipinski definition) is 6. The van der Waals surface area contributed by atoms with Gasteiger partial charge in [-0.25, -0.2) is 9.37 Å². The van der Waals surface area contributed by atoms with Crippen molar-refractivity contribution in [1.82, 2.24) is 15.3 Å². The van der Waals surface area contributed by atoms with Gasteiger partial charge in [0.05, 0.1) is 18.8 Å². The van der Waals surface area contributed by atoms with Crippen molar-refractivity contribution in [1.29, 1.82) is 0 Å². The van der Waals surface area contributed by atoms with E-state index in [1.54, 1.807) is 36.5 Å². The van der Waals surface area contributed by atoms with E-state index in [4.69, 9.17) is 4.74 Å². The molecule has 1 fully saturated rings. The average Bonchev–Trinajstić information content (AvgIpc) is 2.76. The topological polar surface area (TPSA) is 101 Å². The highest BCUT2D eigenvalue weighted by molar-refractivity contribution is 5.96. The summed E-state index contributed by atoms with van der Waals surface area (Å²) in [5.41, 5.74) is 2.00. The van der Waals surface area contributed by atoms with E-state index in [2.05, 4.69) is 15.3 Å². The first-order valence-electron chi connectivity index (χ1n) is 9.60. The maximum atomic E-state index is 14.5. The van der Waals surface area contributed by atoms with Crippen LogP contribution >= 0.6 is 0 Å². The van der Waals surface area contributed by atoms with Gasteiger partial charge >= 0.3 is 0 Å². The first-order chi connectivity index (χ1) is 14.5. The first-order valence-corrected chi connectivity index (χ1v) is 9.60. The first kappa shape index (κ1) is 20.1. The van der Waals surface area contributed by atoms with Crippen LogP contribution in [0.15, 0.2) is 42.6 Å². The standard InChI is InChI=1S/C22H20FN3O4/c23-17-3-1-2-16-14(8-13-4-5-15(11-27)24-10-13)9-19(25-21(16)17)22(29)26-18-6-7-30-12-20(18)28/h1-5,9-11,18,20,28H,6-8,12H2,(H,26,29)/t18-,20-/m0/s1. The molecule has 3 heterocycles. The number of fused-ring (bicyclic) bond motifs is 1. The third kappa shape index (κ3) is 4.19. The van der Waals surface area contributed by atoms with Gasteiger partial charge in [-0.3, -0.25) is 14.6 Å². The van der Waals surface area contributed by atoms with Crippen LogP contribution in [0.1, 0.15) is 38.5 Å². The van der Waals surface area contributed by atoms with Gasteiger partial charge in [-0.05, 0) is 42.2 Å². The maximum Gasteiger partial charge on any atom is 0.270 e. The maximum absolute atomic E-state index is 14.5. The van der Waals surface area contributed by atoms with Gasteiger partial charge in [0.15, 0.2) is 6.29 Å². The normalized spacial score (nSPS) is 18.9. The summed E-state index contributed by atoms with van der Waals surface area (Å²) in [5, 5.41) is 13.4. The van der Waals surface area contributed by atoms with Gasteiger partial charge in [0.1, 0.15) is 22.7 Å². The Morgan fingerprint density at radius 1 is 1.33 bits per heavy atom. The predicted molar refractivity (Wildman–Crippen MR) is 107 cm³/mol. The summed E-state index contributed by atoms with van der Waals surface area (Å²) in [6.45, 7) is 0.594. The molecule has 4 rings (SSSR count). The molecule has 0 unspecified atom stereocenters. The number of halogens is 1. The SMILES string of the molecule is O=Cc1ccc(Cc2cc(C(=O)N[C@H]3CCOC[C@@H]3O)nc3c(F)cccc23)cn1. The molecule has 30 heavy (non-hydrogen) atoms. The molecule has 3 aromatic rings. The molecule has 2 atom stereocenters. The van der Waals surface area contributed by atoms with Crippen molar-refractivity contribution in [2.45, 2.75) is 25.0 Å². The fourth-order valence-corrected chi connectivity index (χ4v) is 3.51. The van der Waals surface area contributed by atoms with Crippen molar-refractivity contribution in [2.24, 2.45) is 0 Å². The summed E-state index contributed by atoms with van der Waals surface area (Å²) in [6.07, 6.45) is 2.30. The van der Waals surface area contributed by atoms with Crippen LogP contribution in [0.2, 0.25) is 0 Å². The minimum Gasteiger partial charge on any atom is -0.389 e. The van der Waals surface area contributed by atoms with Crippen LogP contribution < -0.4 is 5.32 Å². The number of rotatable bonds is 5. The number of nitrogens with zero attached hydrogens (tertiary/aromatic N) is 2. The highest BCUT2D eigenvalue weighted by Crippen LogP contribution is 2.24. The third-order valence-electron chi connectivity index (χ3n) is 5.11. The molecule has 2 N–H and O–H groups in total. The Hall–Kier alpha value is -3.23. The Morgan fingerprint density at radius 2 is 2.20 bits per heavy atom. The zero-order chi connectivity index (χ0) is 21.1. The number of aldehydes is 1. The Morgan fingerprint density at radius 3 is 2.93 bits per heavy atom. The minimum absolute atomic E-state index is 0.0683. The largest absolute Gasteiger partial charge is 0.389 e. The lowest BCUT2D eigenvalue weighted by atomic mass is 10.00. The van der Waals surface area contributed by atoms with Crippen molar-refractivity contribution in [3.8, 4) is 0 Å². The van der Waals surface area contributed by atoms with Crippen LogP contribution in [0.25, 0.3) is 10.9 Å². The van der Waals surface area contributed by atoms with E-state index in [0.717, 1.165) is 5.56 Å². The van der Waals surface area contributed by atoms with E-state index in [9.17, 15) is 19.1 Å². The molecule has 2 aromatic heterocycles. The van der Waals surface area contributed by atoms with E-state index in [0.29, 0.717) is 42.4 Å². The quantitative estimate of drug-likeness (QED) is 0.626. The van der Waals surface area contributed by atoms with E-state index in [1.165, 1.54) is 6.07 Å². The fraction of sp³-hybridized carbons (Fsp3) is 0.273. The number of pyridine rings is 2. The molecule has 0 bridgehead atoms. The number of para-hydroxylation sites is 1. The molecule has 1 aromatic carbocycles. The molecule has 0 spiro atoms. The molecule has 0 aliphatic carbocycles. The van der Waals surface area contributed by atoms with Gasteiger partial charge in [-0.1, -0.05) is 18.2 Å². The predicted octanol–water partition coefficient (Wildman–Crippen LogP) is 2.05. The molecule has 0 radical (unpaired) electrons. The number of nitrogens with one attached hydrogen (secondary N) is 1. The van der Waals surface area contributed by atoms with Gasteiger partial charge in [-0.2, -0.15) is 0 Å². The molecular formula is C22H20FN3O4. The van der Waals surface area contributed by atoms with E-state index in [-0.39, 0.29) is 17.8 Å². The number of aromatic nitrogens is 2. The van der Waals surface area contributed by atoms with Crippen molar-refractivity contribution in [2.75, 3.05) is 13.2 Å². The molecule has 1 saturated heterocycles. The van der Waals surface area contributed by atoms with Crippen molar-refractivity contribution in [3.05, 3.63) is 70.9 Å². The second kappa shape index (κ2) is 8.64. The van der Waals surface area contributed by atoms with Crippen LogP contribution in [-0.2, 0) is 11.2 Å². The molecule has 7 nitrogen and oxygen atoms in total. The highest BCUT2D eigenvalue weighted by Gasteiger charge is 2.26. The molecule has 0 saturated carbocycles. The van der Waals surface area contributed by atoms with Crippen molar-refractivity contribution >= 4 is 23.1 Å². The Balaban J connectivity index is 1.68. The summed E-state index contributed by atoms with van der Waals surface area (Å²) < 4.78 is 19.6. The molecule has 1 amide bonds. The molecule has 1 aliphatic heterocycles. The number of aliphatic hydroxyl groups is 1. The number of ether oxygens (including phenoxy) is 1. The second-order valence-corrected chi connectivity index (χ2v) is 7.20. The summed E-state index contributed by atoms with van der Waals surface area (Å²) in [6, 6.07) is 9.17. The van der Waals surface area contributed by atoms with Gasteiger partial charge in [-0.15, -0.1) is 0 Å². The van der Waals surface area contributed by atoms with Crippen molar-refractivity contribution < 1.29 is 23.8 Å². The molecular weight excluding hydrogens is 389 g/mol. The monoisotopic (exact) mass is 409 g/mol. The van der Waals surface area contributed by atoms with Crippen LogP contribution in [-0.4, -0.2) is 52.6 Å². The van der Waals surface area contributed by atoms with E-state index in [1.807, 2.05) is 0 Å². The Labute approximate surface area is 171 Å². The molecule has 154 valence electrons. The number of benzene rings is 1. The number of carbonyl (C=O) groups excluding carboxylic acids is 2. The van der Waals surface area contributed by atoms with Gasteiger partial charge in [0.25, 0.3) is 5.91 Å². The van der Waals surface area contributed by atoms with Crippen LogP contribution in [0.3, 0.4) is 0 Å². The summed E-state index contributed by atoms with van der Waals surface area (Å²) >= 11 is 0. The summed E-state index contributed by atoms with van der Waals surface area (Å²) in [5.74, 6) is -1.01. The van der Waals surface area contributed by atoms with Crippen LogP contribution in [0, 0.1) is 5.82 Å². The number of aliphatic hydroxyl groups excluding tert-OH is 1. The van der Waals surface area contributed by atoms with E-state index >= 15 is 0 Å². The molecule has 1 aliphatic rings. The zero-order valence-electron chi connectivity index (χ0n) is 16.0. The lowest BCUT2D eigenvalue weighted by Crippen LogP contribution is -2.48. The van der Waals surface area contributed by atoms with Crippen molar-refractivity contribution in [3.63, 3.8) is 0 Å². The Bertz CT molecular complexity index is 1090. The fourth-order valence-electron chi connectivity index (χ4n) is 3.51. The Kier molecular flexibility index (Phi) is 5.78. The van der Waals surface area contributed by atoms with Gasteiger partial charge in [0.2, 0.25) is 0 Å². The number of amides is 1. The van der Waals surface area contributed by atoms with Crippen LogP contribution in [0.5, 0.6) is 0 Å². The zero-order valence-corrected chi connectivity index (χ0v) is 16.0. The minimum atomic E-state index is -0.804. The summed E-state index contributed by atoms with van der Waals surface area (Å²) in [7, 11) is 0. The average molecular weight is 409 g/mol. The highest BCUT2D eigenvalue weighted by atomic mass is 19.1. The van der Waals surface area contributed by atoms with E-state index < -0.39 is 23.9 Å². The lowest BCUT2D eigenvalue weighted by molar-refractivity contribution is -0.0261. The van der Waals surface area contributed by atoms with Gasteiger partial charge < -0.3 is 15.2 Å². The summed E-state index contributed by atoms with van der Waals surface area (Å²) in [4.78, 5) is 31.9. The third-order valence-corrected chi connectivity index (χ3v) is 5.11. The smallest absolute Gasteiger partial charge is 0.270 e. The van der Waals surface area contributed by atoms with Crippen LogP contribution in [0.4, 0.5) is 4.39 Å². The number of carbonyl (C=O) groups is 2. The van der Waals surface area contributed by atoms with Gasteiger partial charge in [0, 0.05) is 18.2 Å².